The summed E-state index contributed by atoms with van der Waals surface area (Å²) in [6.07, 6.45) is 0. The maximum absolute atomic E-state index is 11.0. The van der Waals surface area contributed by atoms with Gasteiger partial charge < -0.3 is 10.8 Å². The van der Waals surface area contributed by atoms with E-state index in [0.29, 0.717) is 6.54 Å². The number of benzene rings is 1. The molecule has 0 aromatic heterocycles. The maximum Gasteiger partial charge on any atom is 0.231 e. The zero-order chi connectivity index (χ0) is 13.0. The normalized spacial score (nSPS) is 12.7. The third kappa shape index (κ3) is 3.46. The molecule has 94 valence electrons. The van der Waals surface area contributed by atoms with Crippen molar-refractivity contribution >= 4 is 5.91 Å². The number of carbonyl (C=O) groups is 1. The smallest absolute Gasteiger partial charge is 0.231 e. The number of nitrogens with two attached hydrogens (primary N) is 1. The first-order valence-corrected chi connectivity index (χ1v) is 5.77. The van der Waals surface area contributed by atoms with Crippen molar-refractivity contribution in [2.75, 3.05) is 13.1 Å². The van der Waals surface area contributed by atoms with E-state index in [2.05, 4.69) is 0 Å². The second-order valence-electron chi connectivity index (χ2n) is 4.27. The van der Waals surface area contributed by atoms with Gasteiger partial charge >= 0.3 is 0 Å². The van der Waals surface area contributed by atoms with Gasteiger partial charge in [0, 0.05) is 11.6 Å². The highest BCUT2D eigenvalue weighted by atomic mass is 16.3. The van der Waals surface area contributed by atoms with E-state index in [-0.39, 0.29) is 24.2 Å². The van der Waals surface area contributed by atoms with Gasteiger partial charge in [-0.15, -0.1) is 0 Å². The number of aromatic hydroxyl groups is 1. The third-order valence-corrected chi connectivity index (χ3v) is 2.95. The van der Waals surface area contributed by atoms with E-state index < -0.39 is 0 Å². The lowest BCUT2D eigenvalue weighted by molar-refractivity contribution is -0.119. The third-order valence-electron chi connectivity index (χ3n) is 2.95. The van der Waals surface area contributed by atoms with Gasteiger partial charge in [-0.3, -0.25) is 9.69 Å². The number of amides is 1. The van der Waals surface area contributed by atoms with Crippen molar-refractivity contribution in [1.29, 1.82) is 0 Å². The number of carbonyl (C=O) groups excluding carboxylic acids is 1. The summed E-state index contributed by atoms with van der Waals surface area (Å²) in [4.78, 5) is 12.9. The Labute approximate surface area is 102 Å². The van der Waals surface area contributed by atoms with Crippen molar-refractivity contribution in [3.8, 4) is 5.75 Å². The van der Waals surface area contributed by atoms with Gasteiger partial charge in [-0.25, -0.2) is 0 Å². The van der Waals surface area contributed by atoms with Crippen LogP contribution in [0.3, 0.4) is 0 Å². The van der Waals surface area contributed by atoms with Crippen LogP contribution in [0.25, 0.3) is 0 Å². The van der Waals surface area contributed by atoms with E-state index in [9.17, 15) is 9.90 Å². The van der Waals surface area contributed by atoms with E-state index >= 15 is 0 Å². The number of hydrogen-bond donors (Lipinski definition) is 2. The van der Waals surface area contributed by atoms with Crippen molar-refractivity contribution < 1.29 is 9.90 Å². The fraction of sp³-hybridized carbons (Fsp3) is 0.462. The first-order valence-electron chi connectivity index (χ1n) is 5.77. The van der Waals surface area contributed by atoms with Crippen LogP contribution in [-0.4, -0.2) is 29.0 Å². The van der Waals surface area contributed by atoms with Crippen molar-refractivity contribution in [2.24, 2.45) is 5.73 Å². The van der Waals surface area contributed by atoms with Crippen molar-refractivity contribution in [2.45, 2.75) is 26.8 Å². The van der Waals surface area contributed by atoms with Crippen LogP contribution in [0.1, 0.15) is 31.0 Å². The quantitative estimate of drug-likeness (QED) is 0.815. The second-order valence-corrected chi connectivity index (χ2v) is 4.27. The predicted molar refractivity (Wildman–Crippen MR) is 67.7 cm³/mol. The van der Waals surface area contributed by atoms with Crippen molar-refractivity contribution in [3.05, 3.63) is 29.3 Å². The first-order chi connectivity index (χ1) is 7.95. The molecule has 1 amide bonds. The Morgan fingerprint density at radius 1 is 1.53 bits per heavy atom. The topological polar surface area (TPSA) is 66.6 Å². The number of aryl methyl sites for hydroxylation is 1. The first kappa shape index (κ1) is 13.5. The number of nitrogens with zero attached hydrogens (tertiary/aromatic N) is 1. The molecule has 4 heteroatoms. The number of likely N-dealkylation sites (N-methyl/N-ethyl adjacent to an activating group) is 1. The van der Waals surface area contributed by atoms with Crippen LogP contribution < -0.4 is 5.73 Å². The highest BCUT2D eigenvalue weighted by molar-refractivity contribution is 5.76. The Balaban J connectivity index is 2.93. The van der Waals surface area contributed by atoms with E-state index in [0.717, 1.165) is 11.1 Å². The zero-order valence-electron chi connectivity index (χ0n) is 10.6. The number of phenolic OH excluding ortho intramolecular Hbond substituents is 1. The molecule has 17 heavy (non-hydrogen) atoms. The second kappa shape index (κ2) is 5.68. The Morgan fingerprint density at radius 2 is 2.18 bits per heavy atom. The largest absolute Gasteiger partial charge is 0.508 e. The molecule has 0 saturated heterocycles. The standard InChI is InChI=1S/C13H20N2O2/c1-4-15(8-13(14)17)10(3)11-6-5-9(2)7-12(11)16/h5-7,10,16H,4,8H2,1-3H3,(H2,14,17). The molecule has 0 aliphatic rings. The SMILES string of the molecule is CCN(CC(N)=O)C(C)c1ccc(C)cc1O. The van der Waals surface area contributed by atoms with Crippen LogP contribution in [0.2, 0.25) is 0 Å². The highest BCUT2D eigenvalue weighted by Gasteiger charge is 2.18. The highest BCUT2D eigenvalue weighted by Crippen LogP contribution is 2.28. The number of rotatable bonds is 5. The Kier molecular flexibility index (Phi) is 4.52. The Bertz CT molecular complexity index is 404. The molecular weight excluding hydrogens is 216 g/mol. The molecule has 4 nitrogen and oxygen atoms in total. The molecule has 0 fully saturated rings. The Hall–Kier alpha value is -1.55. The molecule has 0 saturated carbocycles. The maximum atomic E-state index is 11.0. The van der Waals surface area contributed by atoms with Crippen molar-refractivity contribution in [3.63, 3.8) is 0 Å². The average molecular weight is 236 g/mol. The van der Waals surface area contributed by atoms with Gasteiger partial charge in [0.05, 0.1) is 6.54 Å². The van der Waals surface area contributed by atoms with Gasteiger partial charge in [-0.05, 0) is 32.0 Å². The molecule has 0 aliphatic heterocycles. The zero-order valence-corrected chi connectivity index (χ0v) is 10.6. The lowest BCUT2D eigenvalue weighted by atomic mass is 10.0. The molecule has 0 radical (unpaired) electrons. The van der Waals surface area contributed by atoms with Gasteiger partial charge in [-0.2, -0.15) is 0 Å². The molecule has 0 heterocycles. The summed E-state index contributed by atoms with van der Waals surface area (Å²) in [5.74, 6) is -0.0919. The number of phenols is 1. The van der Waals surface area contributed by atoms with E-state index in [1.165, 1.54) is 0 Å². The molecular formula is C13H20N2O2. The lowest BCUT2D eigenvalue weighted by Crippen LogP contribution is -2.35. The molecule has 1 rings (SSSR count). The van der Waals surface area contributed by atoms with Crippen LogP contribution in [0, 0.1) is 6.92 Å². The molecule has 0 aliphatic carbocycles. The van der Waals surface area contributed by atoms with Gasteiger partial charge in [0.25, 0.3) is 0 Å². The fourth-order valence-corrected chi connectivity index (χ4v) is 1.93. The van der Waals surface area contributed by atoms with Gasteiger partial charge in [0.1, 0.15) is 5.75 Å². The van der Waals surface area contributed by atoms with Crippen LogP contribution in [0.4, 0.5) is 0 Å². The summed E-state index contributed by atoms with van der Waals surface area (Å²) < 4.78 is 0. The molecule has 0 spiro atoms. The minimum absolute atomic E-state index is 0.0342. The lowest BCUT2D eigenvalue weighted by Gasteiger charge is -2.27. The molecule has 1 unspecified atom stereocenters. The average Bonchev–Trinajstić information content (AvgIpc) is 2.24. The van der Waals surface area contributed by atoms with Gasteiger partial charge in [0.15, 0.2) is 0 Å². The van der Waals surface area contributed by atoms with E-state index in [4.69, 9.17) is 5.73 Å². The monoisotopic (exact) mass is 236 g/mol. The van der Waals surface area contributed by atoms with Crippen LogP contribution >= 0.6 is 0 Å². The van der Waals surface area contributed by atoms with Gasteiger partial charge in [-0.1, -0.05) is 19.1 Å². The predicted octanol–water partition coefficient (Wildman–Crippen LogP) is 1.57. The molecule has 1 aromatic rings. The van der Waals surface area contributed by atoms with Crippen LogP contribution in [0.15, 0.2) is 18.2 Å². The summed E-state index contributed by atoms with van der Waals surface area (Å²) in [7, 11) is 0. The summed E-state index contributed by atoms with van der Waals surface area (Å²) in [6.45, 7) is 6.75. The fourth-order valence-electron chi connectivity index (χ4n) is 1.93. The summed E-state index contributed by atoms with van der Waals surface area (Å²) in [5.41, 5.74) is 7.03. The Morgan fingerprint density at radius 3 is 2.65 bits per heavy atom. The van der Waals surface area contributed by atoms with E-state index in [1.807, 2.05) is 37.8 Å². The molecule has 1 aromatic carbocycles. The number of primary amides is 1. The van der Waals surface area contributed by atoms with Crippen molar-refractivity contribution in [1.82, 2.24) is 4.90 Å². The van der Waals surface area contributed by atoms with Gasteiger partial charge in [0.2, 0.25) is 5.91 Å². The van der Waals surface area contributed by atoms with Crippen LogP contribution in [-0.2, 0) is 4.79 Å². The summed E-state index contributed by atoms with van der Waals surface area (Å²) in [5, 5.41) is 9.90. The minimum atomic E-state index is -0.356. The molecule has 3 N–H and O–H groups in total. The summed E-state index contributed by atoms with van der Waals surface area (Å²) in [6, 6.07) is 5.53. The molecule has 1 atom stereocenters. The number of hydrogen-bond acceptors (Lipinski definition) is 3. The van der Waals surface area contributed by atoms with Crippen LogP contribution in [0.5, 0.6) is 5.75 Å². The van der Waals surface area contributed by atoms with E-state index in [1.54, 1.807) is 6.07 Å². The summed E-state index contributed by atoms with van der Waals surface area (Å²) >= 11 is 0. The molecule has 0 bridgehead atoms. The minimum Gasteiger partial charge on any atom is -0.508 e.